The van der Waals surface area contributed by atoms with Gasteiger partial charge in [-0.2, -0.15) is 0 Å². The molecule has 0 amide bonds. The lowest BCUT2D eigenvalue weighted by atomic mass is 9.96. The van der Waals surface area contributed by atoms with Gasteiger partial charge in [0.05, 0.1) is 5.54 Å². The summed E-state index contributed by atoms with van der Waals surface area (Å²) in [5, 5.41) is 0. The van der Waals surface area contributed by atoms with E-state index in [1.165, 1.54) is 49.8 Å². The van der Waals surface area contributed by atoms with Crippen molar-refractivity contribution in [1.82, 2.24) is 10.9 Å². The lowest BCUT2D eigenvalue weighted by Crippen LogP contribution is -2.44. The second kappa shape index (κ2) is 5.77. The van der Waals surface area contributed by atoms with E-state index < -0.39 is 0 Å². The van der Waals surface area contributed by atoms with E-state index in [0.29, 0.717) is 11.7 Å². The van der Waals surface area contributed by atoms with Gasteiger partial charge in [-0.3, -0.25) is 4.79 Å². The topological polar surface area (TPSA) is 41.1 Å². The van der Waals surface area contributed by atoms with Gasteiger partial charge in [0, 0.05) is 11.6 Å². The van der Waals surface area contributed by atoms with Crippen molar-refractivity contribution in [3.63, 3.8) is 0 Å². The summed E-state index contributed by atoms with van der Waals surface area (Å²) in [6.45, 7) is 4.41. The summed E-state index contributed by atoms with van der Waals surface area (Å²) in [6, 6.07) is 0. The van der Waals surface area contributed by atoms with Crippen molar-refractivity contribution in [1.29, 1.82) is 0 Å². The Morgan fingerprint density at radius 3 is 2.26 bits per heavy atom. The molecule has 0 aromatic rings. The van der Waals surface area contributed by atoms with Crippen LogP contribution in [0.2, 0.25) is 0 Å². The minimum atomic E-state index is 0.276. The molecule has 5 rings (SSSR count). The van der Waals surface area contributed by atoms with Crippen LogP contribution in [0.4, 0.5) is 0 Å². The Labute approximate surface area is 140 Å². The first-order chi connectivity index (χ1) is 11.0. The monoisotopic (exact) mass is 314 g/mol. The summed E-state index contributed by atoms with van der Waals surface area (Å²) in [5.74, 6) is 3.30. The van der Waals surface area contributed by atoms with Gasteiger partial charge in [-0.25, -0.2) is 5.43 Å². The molecule has 23 heavy (non-hydrogen) atoms. The standard InChI is InChI=1S/C10H16N2.C10H14O/c1-10(8-4-5-8)6-9(11-12-10)7-2-3-7;1-7(8-2-3-8)6-10(11)9-4-5-9/h6-8,11-12H,2-5H2,1H3;6,8-9H,2-5H2,1H3. The first-order valence-corrected chi connectivity index (χ1v) is 9.53. The third kappa shape index (κ3) is 3.88. The van der Waals surface area contributed by atoms with Gasteiger partial charge in [-0.05, 0) is 95.1 Å². The summed E-state index contributed by atoms with van der Waals surface area (Å²) in [7, 11) is 0. The normalized spacial score (nSPS) is 33.5. The first kappa shape index (κ1) is 15.4. The van der Waals surface area contributed by atoms with Crippen molar-refractivity contribution < 1.29 is 4.79 Å². The highest BCUT2D eigenvalue weighted by Gasteiger charge is 2.44. The van der Waals surface area contributed by atoms with E-state index in [1.807, 2.05) is 6.08 Å². The molecule has 0 saturated heterocycles. The quantitative estimate of drug-likeness (QED) is 0.757. The highest BCUT2D eigenvalue weighted by atomic mass is 16.1. The maximum atomic E-state index is 11.3. The average molecular weight is 314 g/mol. The molecule has 0 spiro atoms. The Morgan fingerprint density at radius 2 is 1.74 bits per heavy atom. The van der Waals surface area contributed by atoms with Gasteiger partial charge >= 0.3 is 0 Å². The van der Waals surface area contributed by atoms with Crippen LogP contribution in [0.15, 0.2) is 23.4 Å². The van der Waals surface area contributed by atoms with Gasteiger partial charge in [0.15, 0.2) is 5.78 Å². The summed E-state index contributed by atoms with van der Waals surface area (Å²) < 4.78 is 0. The second-order valence-corrected chi connectivity index (χ2v) is 8.52. The third-order valence-corrected chi connectivity index (χ3v) is 5.95. The van der Waals surface area contributed by atoms with Crippen LogP contribution in [0.1, 0.15) is 65.2 Å². The Morgan fingerprint density at radius 1 is 1.09 bits per heavy atom. The summed E-state index contributed by atoms with van der Waals surface area (Å²) >= 11 is 0. The molecule has 1 atom stereocenters. The largest absolute Gasteiger partial charge is 0.325 e. The van der Waals surface area contributed by atoms with Crippen molar-refractivity contribution in [2.45, 2.75) is 70.8 Å². The van der Waals surface area contributed by atoms with E-state index in [4.69, 9.17) is 0 Å². The average Bonchev–Trinajstić information content (AvgIpc) is 3.40. The van der Waals surface area contributed by atoms with Gasteiger partial charge in [-0.15, -0.1) is 0 Å². The number of allylic oxidation sites excluding steroid dienone is 3. The van der Waals surface area contributed by atoms with Crippen LogP contribution in [-0.2, 0) is 4.79 Å². The van der Waals surface area contributed by atoms with E-state index in [2.05, 4.69) is 30.8 Å². The smallest absolute Gasteiger partial charge is 0.158 e. The molecular formula is C20H30N2O. The molecule has 1 aliphatic heterocycles. The van der Waals surface area contributed by atoms with Gasteiger partial charge in [0.25, 0.3) is 0 Å². The maximum Gasteiger partial charge on any atom is 0.158 e. The van der Waals surface area contributed by atoms with E-state index in [-0.39, 0.29) is 5.54 Å². The first-order valence-electron chi connectivity index (χ1n) is 9.53. The molecule has 5 aliphatic rings. The molecular weight excluding hydrogens is 284 g/mol. The molecule has 0 aromatic carbocycles. The van der Waals surface area contributed by atoms with Crippen molar-refractivity contribution >= 4 is 5.78 Å². The fourth-order valence-electron chi connectivity index (χ4n) is 3.49. The minimum Gasteiger partial charge on any atom is -0.325 e. The molecule has 3 heteroatoms. The highest BCUT2D eigenvalue weighted by Crippen LogP contribution is 2.45. The third-order valence-electron chi connectivity index (χ3n) is 5.95. The van der Waals surface area contributed by atoms with E-state index in [1.54, 1.807) is 0 Å². The molecule has 0 aromatic heterocycles. The highest BCUT2D eigenvalue weighted by molar-refractivity contribution is 5.94. The van der Waals surface area contributed by atoms with Crippen LogP contribution >= 0.6 is 0 Å². The van der Waals surface area contributed by atoms with Crippen molar-refractivity contribution in [3.05, 3.63) is 23.4 Å². The fourth-order valence-corrected chi connectivity index (χ4v) is 3.49. The number of hydrazine groups is 1. The predicted molar refractivity (Wildman–Crippen MR) is 92.4 cm³/mol. The molecule has 2 N–H and O–H groups in total. The molecule has 0 bridgehead atoms. The molecule has 0 radical (unpaired) electrons. The summed E-state index contributed by atoms with van der Waals surface area (Å²) in [5.41, 5.74) is 9.82. The minimum absolute atomic E-state index is 0.276. The number of nitrogens with one attached hydrogen (secondary N) is 2. The Hall–Kier alpha value is -1.09. The molecule has 1 heterocycles. The molecule has 4 aliphatic carbocycles. The van der Waals surface area contributed by atoms with Crippen molar-refractivity contribution in [2.24, 2.45) is 23.7 Å². The number of carbonyl (C=O) groups is 1. The van der Waals surface area contributed by atoms with Crippen LogP contribution in [0, 0.1) is 23.7 Å². The Bertz CT molecular complexity index is 548. The summed E-state index contributed by atoms with van der Waals surface area (Å²) in [6.07, 6.45) is 14.8. The van der Waals surface area contributed by atoms with Crippen LogP contribution < -0.4 is 10.9 Å². The van der Waals surface area contributed by atoms with Gasteiger partial charge < -0.3 is 5.43 Å². The SMILES string of the molecule is CC(=CC(=O)C1CC1)C1CC1.CC1(C2CC2)C=C(C2CC2)NN1. The van der Waals surface area contributed by atoms with E-state index in [0.717, 1.165) is 30.6 Å². The van der Waals surface area contributed by atoms with Crippen molar-refractivity contribution in [2.75, 3.05) is 0 Å². The summed E-state index contributed by atoms with van der Waals surface area (Å²) in [4.78, 5) is 11.3. The number of hydrogen-bond donors (Lipinski definition) is 2. The molecule has 3 nitrogen and oxygen atoms in total. The molecule has 4 fully saturated rings. The lowest BCUT2D eigenvalue weighted by molar-refractivity contribution is -0.115. The fraction of sp³-hybridized carbons (Fsp3) is 0.750. The zero-order valence-electron chi connectivity index (χ0n) is 14.5. The number of rotatable bonds is 5. The van der Waals surface area contributed by atoms with Crippen LogP contribution in [-0.4, -0.2) is 11.3 Å². The van der Waals surface area contributed by atoms with Crippen LogP contribution in [0.25, 0.3) is 0 Å². The van der Waals surface area contributed by atoms with Gasteiger partial charge in [0.2, 0.25) is 0 Å². The lowest BCUT2D eigenvalue weighted by Gasteiger charge is -2.20. The zero-order valence-corrected chi connectivity index (χ0v) is 14.5. The van der Waals surface area contributed by atoms with Crippen LogP contribution in [0.5, 0.6) is 0 Å². The molecule has 1 unspecified atom stereocenters. The Kier molecular flexibility index (Phi) is 3.87. The Balaban J connectivity index is 0.000000118. The molecule has 4 saturated carbocycles. The zero-order chi connectivity index (χ0) is 16.0. The van der Waals surface area contributed by atoms with E-state index in [9.17, 15) is 4.79 Å². The van der Waals surface area contributed by atoms with Gasteiger partial charge in [-0.1, -0.05) is 5.57 Å². The van der Waals surface area contributed by atoms with Crippen molar-refractivity contribution in [3.8, 4) is 0 Å². The number of hydrogen-bond acceptors (Lipinski definition) is 3. The van der Waals surface area contributed by atoms with Crippen LogP contribution in [0.3, 0.4) is 0 Å². The number of carbonyl (C=O) groups excluding carboxylic acids is 1. The number of ketones is 1. The predicted octanol–water partition coefficient (Wildman–Crippen LogP) is 3.88. The molecule has 126 valence electrons. The maximum absolute atomic E-state index is 11.3. The van der Waals surface area contributed by atoms with Gasteiger partial charge in [0.1, 0.15) is 0 Å². The second-order valence-electron chi connectivity index (χ2n) is 8.52. The van der Waals surface area contributed by atoms with E-state index >= 15 is 0 Å².